The Balaban J connectivity index is 1.45. The van der Waals surface area contributed by atoms with Crippen molar-refractivity contribution in [3.63, 3.8) is 0 Å². The molecule has 31 heavy (non-hydrogen) atoms. The van der Waals surface area contributed by atoms with Crippen molar-refractivity contribution in [2.24, 2.45) is 5.16 Å². The van der Waals surface area contributed by atoms with Gasteiger partial charge in [0.1, 0.15) is 12.4 Å². The Morgan fingerprint density at radius 1 is 1.00 bits per heavy atom. The number of nitrogens with zero attached hydrogens (tertiary/aromatic N) is 1. The highest BCUT2D eigenvalue weighted by atomic mass is 35.5. The number of benzene rings is 2. The highest BCUT2D eigenvalue weighted by molar-refractivity contribution is 7.16. The molecule has 0 spiro atoms. The molecule has 2 aromatic carbocycles. The fraction of sp³-hybridized carbons (Fsp3) is 0.182. The number of oxime groups is 1. The predicted molar refractivity (Wildman–Crippen MR) is 114 cm³/mol. The lowest BCUT2D eigenvalue weighted by Crippen LogP contribution is -2.07. The minimum absolute atomic E-state index is 0.0707. The van der Waals surface area contributed by atoms with Gasteiger partial charge in [-0.3, -0.25) is 4.79 Å². The molecule has 0 saturated heterocycles. The molecule has 1 aromatic heterocycles. The largest absolute Gasteiger partial charge is 0.477 e. The van der Waals surface area contributed by atoms with Crippen LogP contribution in [0.3, 0.4) is 0 Å². The third-order valence-electron chi connectivity index (χ3n) is 4.17. The number of hydrogen-bond acceptors (Lipinski definition) is 5. The summed E-state index contributed by atoms with van der Waals surface area (Å²) in [6.07, 6.45) is -2.31. The highest BCUT2D eigenvalue weighted by Crippen LogP contribution is 2.30. The molecule has 1 atom stereocenters. The van der Waals surface area contributed by atoms with Crippen LogP contribution in [0.1, 0.15) is 27.7 Å². The number of rotatable bonds is 9. The minimum Gasteiger partial charge on any atom is -0.477 e. The van der Waals surface area contributed by atoms with Gasteiger partial charge in [-0.1, -0.05) is 41.0 Å². The molecule has 0 aliphatic rings. The van der Waals surface area contributed by atoms with E-state index in [0.717, 1.165) is 28.9 Å². The fourth-order valence-corrected chi connectivity index (χ4v) is 3.63. The number of halogens is 4. The molecule has 0 aliphatic heterocycles. The zero-order valence-electron chi connectivity index (χ0n) is 16.0. The van der Waals surface area contributed by atoms with E-state index in [1.54, 1.807) is 30.5 Å². The van der Waals surface area contributed by atoms with Gasteiger partial charge in [0.15, 0.2) is 12.4 Å². The standard InChI is InChI=1S/C22H17ClF3NO3S/c23-21-10-9-20(31-21)19(13-28)30-18-7-3-15(4-8-18)11-12-27-29-14-16-1-5-17(6-2-16)22(24,25)26/h1-10,12-13,19H,11,14H2. The second kappa shape index (κ2) is 10.5. The molecule has 0 bridgehead atoms. The van der Waals surface area contributed by atoms with Crippen molar-refractivity contribution in [3.05, 3.63) is 86.6 Å². The minimum atomic E-state index is -4.36. The average Bonchev–Trinajstić information content (AvgIpc) is 3.18. The Bertz CT molecular complexity index is 1020. The average molecular weight is 468 g/mol. The van der Waals surface area contributed by atoms with Crippen LogP contribution in [-0.4, -0.2) is 12.5 Å². The van der Waals surface area contributed by atoms with Crippen LogP contribution in [0, 0.1) is 0 Å². The Labute approximate surface area is 185 Å². The van der Waals surface area contributed by atoms with E-state index in [9.17, 15) is 18.0 Å². The summed E-state index contributed by atoms with van der Waals surface area (Å²) in [5.41, 5.74) is 0.824. The van der Waals surface area contributed by atoms with Crippen molar-refractivity contribution in [3.8, 4) is 5.75 Å². The molecule has 9 heteroatoms. The van der Waals surface area contributed by atoms with Gasteiger partial charge in [-0.05, 0) is 47.5 Å². The molecule has 1 unspecified atom stereocenters. The molecular formula is C22H17ClF3NO3S. The van der Waals surface area contributed by atoms with Gasteiger partial charge in [0, 0.05) is 12.6 Å². The van der Waals surface area contributed by atoms with Gasteiger partial charge in [-0.15, -0.1) is 11.3 Å². The molecular weight excluding hydrogens is 451 g/mol. The topological polar surface area (TPSA) is 47.9 Å². The lowest BCUT2D eigenvalue weighted by Gasteiger charge is -2.12. The van der Waals surface area contributed by atoms with E-state index in [1.807, 2.05) is 12.1 Å². The summed E-state index contributed by atoms with van der Waals surface area (Å²) < 4.78 is 43.9. The van der Waals surface area contributed by atoms with E-state index >= 15 is 0 Å². The number of alkyl halides is 3. The number of thiophene rings is 1. The zero-order valence-corrected chi connectivity index (χ0v) is 17.6. The predicted octanol–water partition coefficient (Wildman–Crippen LogP) is 6.48. The Kier molecular flexibility index (Phi) is 7.70. The maximum atomic E-state index is 12.5. The van der Waals surface area contributed by atoms with E-state index in [2.05, 4.69) is 5.16 Å². The van der Waals surface area contributed by atoms with Crippen LogP contribution in [0.5, 0.6) is 5.75 Å². The number of aldehydes is 1. The zero-order chi connectivity index (χ0) is 22.3. The quantitative estimate of drug-likeness (QED) is 0.205. The van der Waals surface area contributed by atoms with Crippen molar-refractivity contribution in [1.82, 2.24) is 0 Å². The molecule has 3 rings (SSSR count). The van der Waals surface area contributed by atoms with Gasteiger partial charge in [0.25, 0.3) is 0 Å². The van der Waals surface area contributed by atoms with E-state index in [-0.39, 0.29) is 6.61 Å². The number of ether oxygens (including phenoxy) is 1. The lowest BCUT2D eigenvalue weighted by atomic mass is 10.1. The van der Waals surface area contributed by atoms with Gasteiger partial charge in [-0.2, -0.15) is 13.2 Å². The number of hydrogen-bond donors (Lipinski definition) is 0. The lowest BCUT2D eigenvalue weighted by molar-refractivity contribution is -0.137. The summed E-state index contributed by atoms with van der Waals surface area (Å²) >= 11 is 7.18. The van der Waals surface area contributed by atoms with Crippen LogP contribution in [0.25, 0.3) is 0 Å². The Morgan fingerprint density at radius 3 is 2.26 bits per heavy atom. The van der Waals surface area contributed by atoms with Crippen molar-refractivity contribution >= 4 is 35.4 Å². The first kappa shape index (κ1) is 22.8. The van der Waals surface area contributed by atoms with Crippen LogP contribution in [0.4, 0.5) is 13.2 Å². The van der Waals surface area contributed by atoms with Crippen LogP contribution in [0.15, 0.2) is 65.8 Å². The van der Waals surface area contributed by atoms with E-state index in [1.165, 1.54) is 23.5 Å². The summed E-state index contributed by atoms with van der Waals surface area (Å²) in [7, 11) is 0. The summed E-state index contributed by atoms with van der Waals surface area (Å²) in [6.45, 7) is 0.0707. The second-order valence-electron chi connectivity index (χ2n) is 6.42. The summed E-state index contributed by atoms with van der Waals surface area (Å²) in [5, 5.41) is 3.82. The molecule has 0 radical (unpaired) electrons. The SMILES string of the molecule is O=CC(Oc1ccc(CC=NOCc2ccc(C(F)(F)F)cc2)cc1)c1ccc(Cl)s1. The maximum Gasteiger partial charge on any atom is 0.416 e. The van der Waals surface area contributed by atoms with E-state index in [0.29, 0.717) is 22.1 Å². The van der Waals surface area contributed by atoms with Crippen LogP contribution in [0.2, 0.25) is 4.34 Å². The molecule has 3 aromatic rings. The first-order valence-corrected chi connectivity index (χ1v) is 10.3. The Morgan fingerprint density at radius 2 is 1.68 bits per heavy atom. The molecule has 0 N–H and O–H groups in total. The molecule has 162 valence electrons. The first-order chi connectivity index (χ1) is 14.8. The van der Waals surface area contributed by atoms with Crippen molar-refractivity contribution in [2.45, 2.75) is 25.3 Å². The first-order valence-electron chi connectivity index (χ1n) is 9.11. The van der Waals surface area contributed by atoms with E-state index < -0.39 is 17.8 Å². The molecule has 0 saturated carbocycles. The Hall–Kier alpha value is -2.84. The molecule has 1 heterocycles. The summed E-state index contributed by atoms with van der Waals surface area (Å²) in [4.78, 5) is 17.2. The third kappa shape index (κ3) is 6.83. The van der Waals surface area contributed by atoms with Gasteiger partial charge >= 0.3 is 6.18 Å². The second-order valence-corrected chi connectivity index (χ2v) is 8.17. The fourth-order valence-electron chi connectivity index (χ4n) is 2.58. The van der Waals surface area contributed by atoms with Gasteiger partial charge in [0.05, 0.1) is 14.8 Å². The molecule has 4 nitrogen and oxygen atoms in total. The smallest absolute Gasteiger partial charge is 0.416 e. The van der Waals surface area contributed by atoms with Crippen molar-refractivity contribution < 1.29 is 27.5 Å². The maximum absolute atomic E-state index is 12.5. The normalized spacial score (nSPS) is 12.6. The third-order valence-corrected chi connectivity index (χ3v) is 5.47. The van der Waals surface area contributed by atoms with E-state index in [4.69, 9.17) is 21.2 Å². The van der Waals surface area contributed by atoms with Gasteiger partial charge in [0.2, 0.25) is 0 Å². The van der Waals surface area contributed by atoms with Gasteiger partial charge in [-0.25, -0.2) is 0 Å². The van der Waals surface area contributed by atoms with Crippen LogP contribution in [-0.2, 0) is 28.8 Å². The number of carbonyl (C=O) groups excluding carboxylic acids is 1. The summed E-state index contributed by atoms with van der Waals surface area (Å²) in [6, 6.07) is 15.4. The van der Waals surface area contributed by atoms with Gasteiger partial charge < -0.3 is 9.57 Å². The molecule has 0 fully saturated rings. The monoisotopic (exact) mass is 467 g/mol. The highest BCUT2D eigenvalue weighted by Gasteiger charge is 2.29. The number of carbonyl (C=O) groups is 1. The van der Waals surface area contributed by atoms with Crippen LogP contribution < -0.4 is 4.74 Å². The molecule has 0 amide bonds. The van der Waals surface area contributed by atoms with Crippen LogP contribution >= 0.6 is 22.9 Å². The van der Waals surface area contributed by atoms with Crippen molar-refractivity contribution in [1.29, 1.82) is 0 Å². The molecule has 0 aliphatic carbocycles. The van der Waals surface area contributed by atoms with Crippen molar-refractivity contribution in [2.75, 3.05) is 0 Å². The summed E-state index contributed by atoms with van der Waals surface area (Å²) in [5.74, 6) is 0.542.